The highest BCUT2D eigenvalue weighted by Crippen LogP contribution is 2.18. The van der Waals surface area contributed by atoms with E-state index in [0.717, 1.165) is 0 Å². The highest BCUT2D eigenvalue weighted by atomic mass is 16.5. The number of aliphatic hydroxyl groups is 1. The summed E-state index contributed by atoms with van der Waals surface area (Å²) in [5.41, 5.74) is 0. The number of carboxylic acids is 1. The first-order valence-corrected chi connectivity index (χ1v) is 5.44. The Morgan fingerprint density at radius 1 is 1.31 bits per heavy atom. The van der Waals surface area contributed by atoms with Gasteiger partial charge in [-0.2, -0.15) is 0 Å². The van der Waals surface area contributed by atoms with Crippen molar-refractivity contribution in [1.29, 1.82) is 0 Å². The molecule has 0 fully saturated rings. The summed E-state index contributed by atoms with van der Waals surface area (Å²) < 4.78 is 4.66. The van der Waals surface area contributed by atoms with Crippen LogP contribution in [0, 0.1) is 11.8 Å². The van der Waals surface area contributed by atoms with Crippen LogP contribution in [0.2, 0.25) is 0 Å². The molecule has 0 aromatic heterocycles. The molecule has 0 amide bonds. The van der Waals surface area contributed by atoms with Gasteiger partial charge in [0.2, 0.25) is 0 Å². The average molecular weight is 232 g/mol. The Morgan fingerprint density at radius 2 is 1.88 bits per heavy atom. The number of esters is 1. The molecule has 2 N–H and O–H groups in total. The van der Waals surface area contributed by atoms with Gasteiger partial charge in [-0.15, -0.1) is 0 Å². The van der Waals surface area contributed by atoms with Crippen molar-refractivity contribution >= 4 is 11.9 Å². The topological polar surface area (TPSA) is 83.8 Å². The van der Waals surface area contributed by atoms with Crippen LogP contribution in [0.3, 0.4) is 0 Å². The van der Waals surface area contributed by atoms with Gasteiger partial charge in [-0.05, 0) is 19.3 Å². The maximum Gasteiger partial charge on any atom is 0.309 e. The summed E-state index contributed by atoms with van der Waals surface area (Å²) in [7, 11) is 0. The Kier molecular flexibility index (Phi) is 6.72. The van der Waals surface area contributed by atoms with E-state index >= 15 is 0 Å². The first-order valence-electron chi connectivity index (χ1n) is 5.44. The molecule has 0 aliphatic carbocycles. The van der Waals surface area contributed by atoms with Gasteiger partial charge in [0.25, 0.3) is 0 Å². The van der Waals surface area contributed by atoms with Crippen molar-refractivity contribution < 1.29 is 24.5 Å². The lowest BCUT2D eigenvalue weighted by Crippen LogP contribution is -2.31. The maximum atomic E-state index is 11.1. The molecular weight excluding hydrogens is 212 g/mol. The molecule has 0 unspecified atom stereocenters. The van der Waals surface area contributed by atoms with Crippen LogP contribution in [0.25, 0.3) is 0 Å². The lowest BCUT2D eigenvalue weighted by atomic mass is 9.90. The molecule has 2 atom stereocenters. The van der Waals surface area contributed by atoms with Crippen LogP contribution >= 0.6 is 0 Å². The fourth-order valence-electron chi connectivity index (χ4n) is 1.46. The van der Waals surface area contributed by atoms with E-state index < -0.39 is 24.0 Å². The largest absolute Gasteiger partial charge is 0.481 e. The normalized spacial score (nSPS) is 14.6. The predicted molar refractivity (Wildman–Crippen MR) is 57.8 cm³/mol. The molecule has 16 heavy (non-hydrogen) atoms. The third-order valence-electron chi connectivity index (χ3n) is 2.19. The molecule has 0 aromatic carbocycles. The second-order valence-electron chi connectivity index (χ2n) is 4.15. The van der Waals surface area contributed by atoms with Gasteiger partial charge in [0.15, 0.2) is 0 Å². The molecule has 0 saturated carbocycles. The number of ether oxygens (including phenoxy) is 1. The average Bonchev–Trinajstić information content (AvgIpc) is 2.13. The van der Waals surface area contributed by atoms with Crippen molar-refractivity contribution in [2.24, 2.45) is 11.8 Å². The number of hydrogen-bond acceptors (Lipinski definition) is 4. The Labute approximate surface area is 95.4 Å². The summed E-state index contributed by atoms with van der Waals surface area (Å²) in [6.45, 7) is 5.63. The fraction of sp³-hybridized carbons (Fsp3) is 0.818. The zero-order valence-electron chi connectivity index (χ0n) is 9.97. The van der Waals surface area contributed by atoms with Crippen LogP contribution in [0.1, 0.15) is 33.6 Å². The van der Waals surface area contributed by atoms with Gasteiger partial charge < -0.3 is 14.9 Å². The lowest BCUT2D eigenvalue weighted by Gasteiger charge is -2.19. The van der Waals surface area contributed by atoms with E-state index in [4.69, 9.17) is 5.11 Å². The van der Waals surface area contributed by atoms with Gasteiger partial charge in [-0.1, -0.05) is 13.8 Å². The molecule has 5 heteroatoms. The van der Waals surface area contributed by atoms with Gasteiger partial charge in [0, 0.05) is 0 Å². The van der Waals surface area contributed by atoms with Gasteiger partial charge in [-0.25, -0.2) is 0 Å². The zero-order valence-corrected chi connectivity index (χ0v) is 9.97. The number of carbonyl (C=O) groups excluding carboxylic acids is 1. The molecule has 0 aromatic rings. The second kappa shape index (κ2) is 7.22. The number of carboxylic acid groups (broad SMARTS) is 1. The van der Waals surface area contributed by atoms with Gasteiger partial charge in [0.1, 0.15) is 0 Å². The number of rotatable bonds is 7. The molecule has 5 nitrogen and oxygen atoms in total. The van der Waals surface area contributed by atoms with Crippen LogP contribution in [0.4, 0.5) is 0 Å². The first-order chi connectivity index (χ1) is 7.38. The number of hydrogen-bond donors (Lipinski definition) is 2. The summed E-state index contributed by atoms with van der Waals surface area (Å²) in [6.07, 6.45) is -1.10. The monoisotopic (exact) mass is 232 g/mol. The van der Waals surface area contributed by atoms with Crippen LogP contribution in [0.15, 0.2) is 0 Å². The minimum atomic E-state index is -1.18. The van der Waals surface area contributed by atoms with E-state index in [1.165, 1.54) is 0 Å². The Bertz CT molecular complexity index is 237. The van der Waals surface area contributed by atoms with E-state index in [2.05, 4.69) is 4.74 Å². The summed E-state index contributed by atoms with van der Waals surface area (Å²) in [5.74, 6) is -2.40. The van der Waals surface area contributed by atoms with E-state index in [9.17, 15) is 14.7 Å². The molecule has 94 valence electrons. The quantitative estimate of drug-likeness (QED) is 0.641. The van der Waals surface area contributed by atoms with Gasteiger partial charge in [-0.3, -0.25) is 9.59 Å². The molecule has 0 aliphatic rings. The molecule has 0 radical (unpaired) electrons. The Morgan fingerprint density at radius 3 is 2.25 bits per heavy atom. The van der Waals surface area contributed by atoms with Crippen molar-refractivity contribution in [3.63, 3.8) is 0 Å². The van der Waals surface area contributed by atoms with Crippen molar-refractivity contribution in [3.8, 4) is 0 Å². The van der Waals surface area contributed by atoms with Crippen molar-refractivity contribution in [3.05, 3.63) is 0 Å². The highest BCUT2D eigenvalue weighted by molar-refractivity contribution is 5.74. The van der Waals surface area contributed by atoms with E-state index in [1.54, 1.807) is 6.92 Å². The molecule has 0 rings (SSSR count). The SMILES string of the molecule is CCOC(=O)C[C@@H](O)[C@H](CC(C)C)C(=O)O. The lowest BCUT2D eigenvalue weighted by molar-refractivity contribution is -0.151. The standard InChI is InChI=1S/C11H20O5/c1-4-16-10(13)6-9(12)8(11(14)15)5-7(2)3/h7-9,12H,4-6H2,1-3H3,(H,14,15)/t8-,9+/m0/s1. The second-order valence-corrected chi connectivity index (χ2v) is 4.15. The molecule has 0 saturated heterocycles. The van der Waals surface area contributed by atoms with Crippen molar-refractivity contribution in [2.75, 3.05) is 6.61 Å². The first kappa shape index (κ1) is 14.9. The Balaban J connectivity index is 4.32. The molecular formula is C11H20O5. The summed E-state index contributed by atoms with van der Waals surface area (Å²) in [6, 6.07) is 0. The summed E-state index contributed by atoms with van der Waals surface area (Å²) in [5, 5.41) is 18.6. The molecule has 0 heterocycles. The summed E-state index contributed by atoms with van der Waals surface area (Å²) in [4.78, 5) is 22.0. The molecule has 0 aliphatic heterocycles. The zero-order chi connectivity index (χ0) is 12.7. The van der Waals surface area contributed by atoms with Crippen LogP contribution in [-0.4, -0.2) is 34.9 Å². The maximum absolute atomic E-state index is 11.1. The van der Waals surface area contributed by atoms with E-state index in [-0.39, 0.29) is 18.9 Å². The van der Waals surface area contributed by atoms with Crippen LogP contribution in [0.5, 0.6) is 0 Å². The molecule has 0 bridgehead atoms. The van der Waals surface area contributed by atoms with Gasteiger partial charge >= 0.3 is 11.9 Å². The van der Waals surface area contributed by atoms with Gasteiger partial charge in [0.05, 0.1) is 25.0 Å². The van der Waals surface area contributed by atoms with Crippen molar-refractivity contribution in [1.82, 2.24) is 0 Å². The van der Waals surface area contributed by atoms with Crippen LogP contribution < -0.4 is 0 Å². The molecule has 0 spiro atoms. The van der Waals surface area contributed by atoms with E-state index in [0.29, 0.717) is 6.42 Å². The summed E-state index contributed by atoms with van der Waals surface area (Å²) >= 11 is 0. The fourth-order valence-corrected chi connectivity index (χ4v) is 1.46. The number of carbonyl (C=O) groups is 2. The highest BCUT2D eigenvalue weighted by Gasteiger charge is 2.29. The smallest absolute Gasteiger partial charge is 0.309 e. The predicted octanol–water partition coefficient (Wildman–Crippen LogP) is 1.05. The van der Waals surface area contributed by atoms with Crippen molar-refractivity contribution in [2.45, 2.75) is 39.7 Å². The Hall–Kier alpha value is -1.10. The minimum Gasteiger partial charge on any atom is -0.481 e. The third-order valence-corrected chi connectivity index (χ3v) is 2.19. The number of aliphatic carboxylic acids is 1. The minimum absolute atomic E-state index is 0.151. The van der Waals surface area contributed by atoms with E-state index in [1.807, 2.05) is 13.8 Å². The van der Waals surface area contributed by atoms with Crippen LogP contribution in [-0.2, 0) is 14.3 Å². The number of aliphatic hydroxyl groups excluding tert-OH is 1. The third kappa shape index (κ3) is 5.70.